The lowest BCUT2D eigenvalue weighted by atomic mass is 9.95. The Morgan fingerprint density at radius 3 is 2.47 bits per heavy atom. The fraction of sp³-hybridized carbons (Fsp3) is 0.333. The molecule has 0 bridgehead atoms. The van der Waals surface area contributed by atoms with Crippen LogP contribution in [-0.2, 0) is 20.5 Å². The number of benzene rings is 2. The molecule has 3 heterocycles. The lowest BCUT2D eigenvalue weighted by Crippen LogP contribution is -2.50. The van der Waals surface area contributed by atoms with Gasteiger partial charge in [0, 0.05) is 43.5 Å². The molecule has 0 spiro atoms. The predicted octanol–water partition coefficient (Wildman–Crippen LogP) is 6.70. The molecule has 1 aliphatic heterocycles. The van der Waals surface area contributed by atoms with Gasteiger partial charge in [-0.25, -0.2) is 36.9 Å². The summed E-state index contributed by atoms with van der Waals surface area (Å²) in [5, 5.41) is 3.12. The van der Waals surface area contributed by atoms with Crippen molar-refractivity contribution in [1.29, 1.82) is 0 Å². The summed E-state index contributed by atoms with van der Waals surface area (Å²) in [5.74, 6) is -6.97. The van der Waals surface area contributed by atoms with Gasteiger partial charge in [-0.1, -0.05) is 30.3 Å². The zero-order valence-electron chi connectivity index (χ0n) is 26.8. The normalized spacial score (nSPS) is 16.6. The Balaban J connectivity index is 1.34. The first-order valence-corrected chi connectivity index (χ1v) is 16.8. The Morgan fingerprint density at radius 2 is 1.76 bits per heavy atom. The van der Waals surface area contributed by atoms with Crippen molar-refractivity contribution in [3.63, 3.8) is 0 Å². The number of rotatable bonds is 10. The van der Waals surface area contributed by atoms with Crippen molar-refractivity contribution in [3.05, 3.63) is 90.0 Å². The highest BCUT2D eigenvalue weighted by atomic mass is 32.2. The lowest BCUT2D eigenvalue weighted by Gasteiger charge is -2.37. The second-order valence-electron chi connectivity index (χ2n) is 12.4. The minimum atomic E-state index is -4.31. The molecule has 11 nitrogen and oxygen atoms in total. The van der Waals surface area contributed by atoms with Gasteiger partial charge in [-0.05, 0) is 51.0 Å². The third-order valence-electron chi connectivity index (χ3n) is 7.23. The molecule has 2 N–H and O–H groups in total. The number of piperidine rings is 1. The third-order valence-corrected chi connectivity index (χ3v) is 8.46. The van der Waals surface area contributed by atoms with Crippen LogP contribution in [-0.4, -0.2) is 65.8 Å². The van der Waals surface area contributed by atoms with E-state index >= 15 is 13.2 Å². The number of halogens is 4. The van der Waals surface area contributed by atoms with Gasteiger partial charge >= 0.3 is 6.09 Å². The molecule has 0 unspecified atom stereocenters. The second-order valence-corrected chi connectivity index (χ2v) is 14.1. The zero-order valence-corrected chi connectivity index (χ0v) is 27.6. The van der Waals surface area contributed by atoms with Gasteiger partial charge in [0.2, 0.25) is 27.7 Å². The predicted molar refractivity (Wildman–Crippen MR) is 174 cm³/mol. The summed E-state index contributed by atoms with van der Waals surface area (Å²) in [5.41, 5.74) is -1.15. The molecule has 1 amide bonds. The van der Waals surface area contributed by atoms with Crippen molar-refractivity contribution >= 4 is 27.8 Å². The molecule has 2 aromatic carbocycles. The van der Waals surface area contributed by atoms with Crippen molar-refractivity contribution in [3.8, 4) is 22.9 Å². The molecule has 0 radical (unpaired) electrons. The molecule has 16 heteroatoms. The molecule has 1 saturated heterocycles. The van der Waals surface area contributed by atoms with E-state index in [4.69, 9.17) is 9.47 Å². The van der Waals surface area contributed by atoms with Gasteiger partial charge in [0.1, 0.15) is 11.3 Å². The maximum absolute atomic E-state index is 15.2. The molecule has 4 aromatic rings. The van der Waals surface area contributed by atoms with Crippen LogP contribution in [0.4, 0.5) is 34.0 Å². The van der Waals surface area contributed by atoms with Crippen LogP contribution >= 0.6 is 0 Å². The molecule has 260 valence electrons. The van der Waals surface area contributed by atoms with Gasteiger partial charge in [0.15, 0.2) is 17.4 Å². The van der Waals surface area contributed by atoms with Gasteiger partial charge in [-0.15, -0.1) is 0 Å². The van der Waals surface area contributed by atoms with Crippen molar-refractivity contribution in [2.45, 2.75) is 44.6 Å². The highest BCUT2D eigenvalue weighted by Gasteiger charge is 2.33. The first-order chi connectivity index (χ1) is 23.2. The van der Waals surface area contributed by atoms with Crippen LogP contribution in [0.25, 0.3) is 11.3 Å². The number of nitrogens with zero attached hydrogens (tertiary/aromatic N) is 4. The van der Waals surface area contributed by atoms with E-state index < -0.39 is 75.0 Å². The molecule has 2 atom stereocenters. The van der Waals surface area contributed by atoms with Crippen molar-refractivity contribution < 1.29 is 40.2 Å². The monoisotopic (exact) mass is 702 g/mol. The highest BCUT2D eigenvalue weighted by Crippen LogP contribution is 2.36. The molecular formula is C33H34F4N6O5S. The maximum Gasteiger partial charge on any atom is 0.410 e. The Kier molecular flexibility index (Phi) is 10.6. The van der Waals surface area contributed by atoms with Crippen LogP contribution in [0.15, 0.2) is 67.0 Å². The van der Waals surface area contributed by atoms with Crippen molar-refractivity contribution in [1.82, 2.24) is 19.9 Å². The molecule has 49 heavy (non-hydrogen) atoms. The fourth-order valence-corrected chi connectivity index (χ4v) is 6.36. The van der Waals surface area contributed by atoms with E-state index in [0.717, 1.165) is 0 Å². The summed E-state index contributed by atoms with van der Waals surface area (Å²) in [6.45, 7) is 4.96. The van der Waals surface area contributed by atoms with Crippen LogP contribution in [0.1, 0.15) is 32.8 Å². The molecule has 0 saturated carbocycles. The average molecular weight is 703 g/mol. The molecular weight excluding hydrogens is 668 g/mol. The van der Waals surface area contributed by atoms with Crippen molar-refractivity contribution in [2.75, 3.05) is 29.8 Å². The zero-order chi connectivity index (χ0) is 35.3. The van der Waals surface area contributed by atoms with E-state index in [1.807, 2.05) is 0 Å². The summed E-state index contributed by atoms with van der Waals surface area (Å²) in [4.78, 5) is 26.9. The number of nitrogens with one attached hydrogen (secondary N) is 2. The SMILES string of the molecule is CC(C)(C)OC(=O)N1C[C@H](CF)C[C@H](Nc2nccc(-c3cccnc3Oc3cc(F)c(NS(=O)(=O)Cc4ccccc4)c(F)c3F)n2)C1. The third kappa shape index (κ3) is 9.13. The minimum Gasteiger partial charge on any atom is -0.444 e. The topological polar surface area (TPSA) is 136 Å². The molecule has 1 fully saturated rings. The summed E-state index contributed by atoms with van der Waals surface area (Å²) >= 11 is 0. The number of pyridine rings is 1. The number of anilines is 2. The largest absolute Gasteiger partial charge is 0.444 e. The van der Waals surface area contributed by atoms with Crippen LogP contribution in [0.3, 0.4) is 0 Å². The number of ether oxygens (including phenoxy) is 2. The fourth-order valence-electron chi connectivity index (χ4n) is 5.15. The second kappa shape index (κ2) is 14.6. The average Bonchev–Trinajstić information content (AvgIpc) is 3.05. The first kappa shape index (κ1) is 35.3. The van der Waals surface area contributed by atoms with Gasteiger partial charge in [0.25, 0.3) is 0 Å². The van der Waals surface area contributed by atoms with Crippen LogP contribution in [0, 0.1) is 23.4 Å². The van der Waals surface area contributed by atoms with Crippen LogP contribution in [0.5, 0.6) is 11.6 Å². The summed E-state index contributed by atoms with van der Waals surface area (Å²) in [7, 11) is -4.31. The number of likely N-dealkylation sites (tertiary alicyclic amines) is 1. The summed E-state index contributed by atoms with van der Waals surface area (Å²) in [6.07, 6.45) is 2.54. The van der Waals surface area contributed by atoms with E-state index in [0.29, 0.717) is 18.1 Å². The van der Waals surface area contributed by atoms with Gasteiger partial charge in [-0.3, -0.25) is 9.11 Å². The first-order valence-electron chi connectivity index (χ1n) is 15.2. The van der Waals surface area contributed by atoms with Gasteiger partial charge in [-0.2, -0.15) is 4.39 Å². The van der Waals surface area contributed by atoms with Crippen molar-refractivity contribution in [2.24, 2.45) is 5.92 Å². The molecule has 0 aliphatic carbocycles. The number of carbonyl (C=O) groups is 1. The Morgan fingerprint density at radius 1 is 1.00 bits per heavy atom. The number of aromatic nitrogens is 3. The number of alkyl halides is 1. The van der Waals surface area contributed by atoms with Gasteiger partial charge in [0.05, 0.1) is 23.7 Å². The van der Waals surface area contributed by atoms with E-state index in [9.17, 15) is 17.6 Å². The Hall–Kier alpha value is -4.99. The molecule has 2 aromatic heterocycles. The maximum atomic E-state index is 15.2. The van der Waals surface area contributed by atoms with Crippen LogP contribution in [0.2, 0.25) is 0 Å². The lowest BCUT2D eigenvalue weighted by molar-refractivity contribution is 0.0139. The number of hydrogen-bond donors (Lipinski definition) is 2. The molecule has 1 aliphatic rings. The number of carbonyl (C=O) groups excluding carboxylic acids is 1. The summed E-state index contributed by atoms with van der Waals surface area (Å²) in [6, 6.07) is 12.5. The van der Waals surface area contributed by atoms with E-state index in [1.54, 1.807) is 43.7 Å². The quantitative estimate of drug-likeness (QED) is 0.137. The molecule has 5 rings (SSSR count). The van der Waals surface area contributed by atoms with E-state index in [1.165, 1.54) is 47.6 Å². The number of hydrogen-bond acceptors (Lipinski definition) is 9. The number of amides is 1. The van der Waals surface area contributed by atoms with E-state index in [2.05, 4.69) is 20.3 Å². The Labute approximate surface area is 280 Å². The van der Waals surface area contributed by atoms with E-state index in [-0.39, 0.29) is 36.2 Å². The minimum absolute atomic E-state index is 0.122. The summed E-state index contributed by atoms with van der Waals surface area (Å²) < 4.78 is 97.0. The Bertz CT molecular complexity index is 1910. The highest BCUT2D eigenvalue weighted by molar-refractivity contribution is 7.91. The number of sulfonamides is 1. The van der Waals surface area contributed by atoms with Gasteiger partial charge < -0.3 is 19.7 Å². The smallest absolute Gasteiger partial charge is 0.410 e. The van der Waals surface area contributed by atoms with Crippen LogP contribution < -0.4 is 14.8 Å². The standard InChI is InChI=1S/C33H34F4N6O5S/c1-33(2,3)48-32(44)43-17-21(16-34)14-22(18-43)40-31-39-13-11-25(41-31)23-10-7-12-38-30(23)47-26-15-24(35)29(28(37)27(26)36)42-49(45,46)19-20-8-5-4-6-9-20/h4-13,15,21-22,42H,14,16-19H2,1-3H3,(H,39,40,41)/t21-,22-/m0/s1.